The first-order valence-corrected chi connectivity index (χ1v) is 6.79. The maximum absolute atomic E-state index is 11.7. The molecule has 2 saturated carbocycles. The quantitative estimate of drug-likeness (QED) is 0.757. The number of aliphatic hydroxyl groups is 1. The lowest BCUT2D eigenvalue weighted by Gasteiger charge is -2.44. The van der Waals surface area contributed by atoms with E-state index < -0.39 is 0 Å². The van der Waals surface area contributed by atoms with Gasteiger partial charge in [0, 0.05) is 13.0 Å². The van der Waals surface area contributed by atoms with Crippen molar-refractivity contribution in [2.75, 3.05) is 6.61 Å². The average Bonchev–Trinajstić information content (AvgIpc) is 2.89. The Morgan fingerprint density at radius 3 is 2.82 bits per heavy atom. The second-order valence-corrected chi connectivity index (χ2v) is 6.81. The highest BCUT2D eigenvalue weighted by Gasteiger charge is 2.70. The van der Waals surface area contributed by atoms with Crippen molar-refractivity contribution in [2.24, 2.45) is 28.6 Å². The van der Waals surface area contributed by atoms with Crippen LogP contribution >= 0.6 is 0 Å². The molecule has 0 saturated heterocycles. The summed E-state index contributed by atoms with van der Waals surface area (Å²) in [5, 5.41) is 9.65. The van der Waals surface area contributed by atoms with Crippen LogP contribution in [0.5, 0.6) is 0 Å². The standard InChI is InChI=1S/C15H22O2/c1-9-6-11(17)7-10-4-5-12-13(15(9,10)3)14(12,2)8-16/h7,9,12-13,16H,4-6,8H2,1-3H3/t9-,12-,13+,14+,15+/m1/s1. The van der Waals surface area contributed by atoms with Gasteiger partial charge in [-0.05, 0) is 47.5 Å². The van der Waals surface area contributed by atoms with Crippen molar-refractivity contribution in [3.8, 4) is 0 Å². The van der Waals surface area contributed by atoms with Gasteiger partial charge >= 0.3 is 0 Å². The van der Waals surface area contributed by atoms with Gasteiger partial charge in [0.05, 0.1) is 0 Å². The molecule has 5 atom stereocenters. The summed E-state index contributed by atoms with van der Waals surface area (Å²) in [5.41, 5.74) is 1.63. The molecule has 0 radical (unpaired) electrons. The summed E-state index contributed by atoms with van der Waals surface area (Å²) in [6.07, 6.45) is 4.81. The molecule has 0 unspecified atom stereocenters. The molecule has 3 aliphatic rings. The Balaban J connectivity index is 2.04. The largest absolute Gasteiger partial charge is 0.396 e. The second-order valence-electron chi connectivity index (χ2n) is 6.81. The molecule has 0 spiro atoms. The summed E-state index contributed by atoms with van der Waals surface area (Å²) in [6.45, 7) is 7.06. The van der Waals surface area contributed by atoms with Crippen LogP contribution in [0.1, 0.15) is 40.0 Å². The van der Waals surface area contributed by atoms with Crippen molar-refractivity contribution in [1.82, 2.24) is 0 Å². The fourth-order valence-corrected chi connectivity index (χ4v) is 4.87. The van der Waals surface area contributed by atoms with Gasteiger partial charge in [-0.3, -0.25) is 4.79 Å². The van der Waals surface area contributed by atoms with E-state index in [4.69, 9.17) is 0 Å². The highest BCUT2D eigenvalue weighted by molar-refractivity contribution is 5.92. The van der Waals surface area contributed by atoms with Crippen molar-refractivity contribution < 1.29 is 9.90 Å². The van der Waals surface area contributed by atoms with Gasteiger partial charge in [-0.15, -0.1) is 0 Å². The predicted octanol–water partition coefficient (Wildman–Crippen LogP) is 2.57. The number of carbonyl (C=O) groups is 1. The normalized spacial score (nSPS) is 52.6. The smallest absolute Gasteiger partial charge is 0.155 e. The van der Waals surface area contributed by atoms with Gasteiger partial charge in [0.15, 0.2) is 5.78 Å². The number of hydrogen-bond donors (Lipinski definition) is 1. The fraction of sp³-hybridized carbons (Fsp3) is 0.800. The van der Waals surface area contributed by atoms with Crippen LogP contribution in [0, 0.1) is 28.6 Å². The summed E-state index contributed by atoms with van der Waals surface area (Å²) in [6, 6.07) is 0. The number of rotatable bonds is 1. The molecule has 94 valence electrons. The molecular weight excluding hydrogens is 212 g/mol. The van der Waals surface area contributed by atoms with E-state index in [1.165, 1.54) is 5.57 Å². The fourth-order valence-electron chi connectivity index (χ4n) is 4.87. The van der Waals surface area contributed by atoms with Crippen LogP contribution in [0.25, 0.3) is 0 Å². The number of fused-ring (bicyclic) bond motifs is 3. The predicted molar refractivity (Wildman–Crippen MR) is 66.4 cm³/mol. The molecule has 0 aromatic carbocycles. The average molecular weight is 234 g/mol. The van der Waals surface area contributed by atoms with Gasteiger partial charge in [-0.25, -0.2) is 0 Å². The SMILES string of the molecule is C[C@@H]1CC(=O)C=C2CC[C@@H]3[C@@H]([C@@]3(C)CO)[C@]21C. The zero-order valence-electron chi connectivity index (χ0n) is 11.0. The van der Waals surface area contributed by atoms with E-state index in [1.54, 1.807) is 0 Å². The van der Waals surface area contributed by atoms with Gasteiger partial charge < -0.3 is 5.11 Å². The molecule has 17 heavy (non-hydrogen) atoms. The second kappa shape index (κ2) is 3.23. The van der Waals surface area contributed by atoms with Crippen LogP contribution in [-0.4, -0.2) is 17.5 Å². The first-order chi connectivity index (χ1) is 7.94. The molecule has 0 aromatic heterocycles. The molecule has 2 heteroatoms. The molecule has 3 aliphatic carbocycles. The lowest BCUT2D eigenvalue weighted by Crippen LogP contribution is -2.38. The van der Waals surface area contributed by atoms with Crippen molar-refractivity contribution in [3.05, 3.63) is 11.6 Å². The van der Waals surface area contributed by atoms with E-state index in [2.05, 4.69) is 20.8 Å². The van der Waals surface area contributed by atoms with Gasteiger partial charge in [0.25, 0.3) is 0 Å². The first kappa shape index (κ1) is 11.5. The molecule has 0 amide bonds. The highest BCUT2D eigenvalue weighted by atomic mass is 16.3. The van der Waals surface area contributed by atoms with E-state index in [-0.39, 0.29) is 10.8 Å². The van der Waals surface area contributed by atoms with E-state index >= 15 is 0 Å². The highest BCUT2D eigenvalue weighted by Crippen LogP contribution is 2.74. The molecule has 0 aromatic rings. The third kappa shape index (κ3) is 1.22. The summed E-state index contributed by atoms with van der Waals surface area (Å²) in [4.78, 5) is 11.7. The number of aliphatic hydroxyl groups excluding tert-OH is 1. The van der Waals surface area contributed by atoms with Gasteiger partial charge in [0.2, 0.25) is 0 Å². The van der Waals surface area contributed by atoms with Crippen LogP contribution in [0.4, 0.5) is 0 Å². The van der Waals surface area contributed by atoms with Crippen molar-refractivity contribution in [2.45, 2.75) is 40.0 Å². The molecule has 2 nitrogen and oxygen atoms in total. The van der Waals surface area contributed by atoms with Gasteiger partial charge in [0.1, 0.15) is 0 Å². The Hall–Kier alpha value is -0.630. The Morgan fingerprint density at radius 1 is 1.47 bits per heavy atom. The van der Waals surface area contributed by atoms with Crippen LogP contribution in [0.15, 0.2) is 11.6 Å². The Labute approximate surface area is 103 Å². The zero-order valence-corrected chi connectivity index (χ0v) is 11.0. The molecule has 0 aliphatic heterocycles. The summed E-state index contributed by atoms with van der Waals surface area (Å²) in [7, 11) is 0. The first-order valence-electron chi connectivity index (χ1n) is 6.79. The number of carbonyl (C=O) groups excluding carboxylic acids is 1. The number of allylic oxidation sites excluding steroid dienone is 2. The lowest BCUT2D eigenvalue weighted by molar-refractivity contribution is -0.117. The molecule has 2 fully saturated rings. The molecule has 1 N–H and O–H groups in total. The minimum Gasteiger partial charge on any atom is -0.396 e. The minimum absolute atomic E-state index is 0.110. The third-order valence-electron chi connectivity index (χ3n) is 6.12. The van der Waals surface area contributed by atoms with Crippen molar-refractivity contribution >= 4 is 5.78 Å². The third-order valence-corrected chi connectivity index (χ3v) is 6.12. The maximum atomic E-state index is 11.7. The van der Waals surface area contributed by atoms with Crippen LogP contribution in [-0.2, 0) is 4.79 Å². The topological polar surface area (TPSA) is 37.3 Å². The molecule has 3 rings (SSSR count). The molecular formula is C15H22O2. The Morgan fingerprint density at radius 2 is 2.18 bits per heavy atom. The van der Waals surface area contributed by atoms with Crippen LogP contribution in [0.2, 0.25) is 0 Å². The monoisotopic (exact) mass is 234 g/mol. The Bertz CT molecular complexity index is 411. The summed E-state index contributed by atoms with van der Waals surface area (Å²) < 4.78 is 0. The number of ketones is 1. The van der Waals surface area contributed by atoms with Crippen LogP contribution < -0.4 is 0 Å². The lowest BCUT2D eigenvalue weighted by atomic mass is 9.59. The van der Waals surface area contributed by atoms with E-state index in [0.29, 0.717) is 36.6 Å². The molecule has 0 bridgehead atoms. The summed E-state index contributed by atoms with van der Waals surface area (Å²) in [5.74, 6) is 1.99. The van der Waals surface area contributed by atoms with Crippen LogP contribution in [0.3, 0.4) is 0 Å². The van der Waals surface area contributed by atoms with Gasteiger partial charge in [-0.2, -0.15) is 0 Å². The van der Waals surface area contributed by atoms with E-state index in [0.717, 1.165) is 12.8 Å². The minimum atomic E-state index is 0.110. The van der Waals surface area contributed by atoms with E-state index in [1.807, 2.05) is 6.08 Å². The van der Waals surface area contributed by atoms with E-state index in [9.17, 15) is 9.90 Å². The van der Waals surface area contributed by atoms with Crippen molar-refractivity contribution in [1.29, 1.82) is 0 Å². The van der Waals surface area contributed by atoms with Crippen molar-refractivity contribution in [3.63, 3.8) is 0 Å². The zero-order chi connectivity index (χ0) is 12.4. The summed E-state index contributed by atoms with van der Waals surface area (Å²) >= 11 is 0. The maximum Gasteiger partial charge on any atom is 0.155 e. The van der Waals surface area contributed by atoms with Gasteiger partial charge in [-0.1, -0.05) is 26.3 Å². The Kier molecular flexibility index (Phi) is 2.17. The number of hydrogen-bond acceptors (Lipinski definition) is 2. The molecule has 0 heterocycles.